The number of benzene rings is 1. The molecule has 1 amide bonds. The van der Waals surface area contributed by atoms with Crippen molar-refractivity contribution in [3.05, 3.63) is 28.8 Å². The smallest absolute Gasteiger partial charge is 0.384 e. The first-order valence-electron chi connectivity index (χ1n) is 5.15. The van der Waals surface area contributed by atoms with Crippen LogP contribution in [-0.2, 0) is 11.0 Å². The zero-order valence-electron chi connectivity index (χ0n) is 9.57. The molecule has 2 N–H and O–H groups in total. The molecule has 1 rings (SSSR count). The normalized spacial score (nSPS) is 11.2. The molecular weight excluding hydrogens is 269 g/mol. The summed E-state index contributed by atoms with van der Waals surface area (Å²) >= 11 is 5.61. The summed E-state index contributed by atoms with van der Waals surface area (Å²) in [6.07, 6.45) is -4.27. The van der Waals surface area contributed by atoms with Crippen LogP contribution >= 0.6 is 11.6 Å². The molecule has 0 aliphatic carbocycles. The van der Waals surface area contributed by atoms with Crippen molar-refractivity contribution in [2.75, 3.05) is 18.9 Å². The van der Waals surface area contributed by atoms with Crippen molar-refractivity contribution in [1.29, 1.82) is 0 Å². The van der Waals surface area contributed by atoms with Gasteiger partial charge in [-0.05, 0) is 18.2 Å². The van der Waals surface area contributed by atoms with Gasteiger partial charge in [0.25, 0.3) is 0 Å². The van der Waals surface area contributed by atoms with Gasteiger partial charge in [-0.3, -0.25) is 4.79 Å². The van der Waals surface area contributed by atoms with Gasteiger partial charge in [0, 0.05) is 30.7 Å². The van der Waals surface area contributed by atoms with Crippen LogP contribution in [0.5, 0.6) is 0 Å². The van der Waals surface area contributed by atoms with E-state index in [0.29, 0.717) is 0 Å². The number of carbonyl (C=O) groups is 1. The van der Waals surface area contributed by atoms with Crippen LogP contribution in [-0.4, -0.2) is 19.5 Å². The van der Waals surface area contributed by atoms with E-state index in [1.807, 2.05) is 0 Å². The molecular formula is C11H12ClF3N2O. The maximum atomic E-state index is 12.5. The molecule has 0 aliphatic rings. The van der Waals surface area contributed by atoms with Gasteiger partial charge in [0.2, 0.25) is 5.91 Å². The van der Waals surface area contributed by atoms with Crippen LogP contribution < -0.4 is 10.6 Å². The van der Waals surface area contributed by atoms with Crippen molar-refractivity contribution in [1.82, 2.24) is 5.32 Å². The summed E-state index contributed by atoms with van der Waals surface area (Å²) in [4.78, 5) is 10.9. The number of hydrogen-bond donors (Lipinski definition) is 2. The maximum Gasteiger partial charge on any atom is 0.416 e. The lowest BCUT2D eigenvalue weighted by molar-refractivity contribution is -0.137. The third-order valence-corrected chi connectivity index (χ3v) is 2.40. The van der Waals surface area contributed by atoms with Crippen molar-refractivity contribution in [3.63, 3.8) is 0 Å². The van der Waals surface area contributed by atoms with Gasteiger partial charge in [-0.1, -0.05) is 11.6 Å². The molecule has 0 atom stereocenters. The summed E-state index contributed by atoms with van der Waals surface area (Å²) in [6, 6.07) is 3.18. The van der Waals surface area contributed by atoms with Crippen LogP contribution in [0.25, 0.3) is 0 Å². The van der Waals surface area contributed by atoms with E-state index in [1.165, 1.54) is 13.1 Å². The number of halogens is 4. The molecule has 100 valence electrons. The highest BCUT2D eigenvalue weighted by atomic mass is 35.5. The Morgan fingerprint density at radius 3 is 2.56 bits per heavy atom. The van der Waals surface area contributed by atoms with Gasteiger partial charge in [0.05, 0.1) is 5.56 Å². The molecule has 0 fully saturated rings. The summed E-state index contributed by atoms with van der Waals surface area (Å²) < 4.78 is 37.5. The molecule has 3 nitrogen and oxygen atoms in total. The van der Waals surface area contributed by atoms with E-state index in [2.05, 4.69) is 10.6 Å². The van der Waals surface area contributed by atoms with Crippen molar-refractivity contribution in [3.8, 4) is 0 Å². The Labute approximate surface area is 107 Å². The van der Waals surface area contributed by atoms with E-state index in [-0.39, 0.29) is 29.6 Å². The van der Waals surface area contributed by atoms with Gasteiger partial charge in [0.1, 0.15) is 0 Å². The number of carbonyl (C=O) groups excluding carboxylic acids is 1. The number of nitrogens with one attached hydrogen (secondary N) is 2. The minimum atomic E-state index is -4.44. The molecule has 0 saturated carbocycles. The first kappa shape index (κ1) is 14.6. The Morgan fingerprint density at radius 1 is 1.33 bits per heavy atom. The fourth-order valence-electron chi connectivity index (χ4n) is 1.30. The summed E-state index contributed by atoms with van der Waals surface area (Å²) in [7, 11) is 1.49. The second-order valence-corrected chi connectivity index (χ2v) is 4.01. The van der Waals surface area contributed by atoms with Gasteiger partial charge < -0.3 is 10.6 Å². The first-order chi connectivity index (χ1) is 8.32. The summed E-state index contributed by atoms with van der Waals surface area (Å²) in [5.74, 6) is -0.194. The molecule has 0 saturated heterocycles. The molecule has 1 aromatic carbocycles. The third-order valence-electron chi connectivity index (χ3n) is 2.19. The largest absolute Gasteiger partial charge is 0.416 e. The Morgan fingerprint density at radius 2 is 2.00 bits per heavy atom. The zero-order valence-corrected chi connectivity index (χ0v) is 10.3. The van der Waals surface area contributed by atoms with E-state index < -0.39 is 11.7 Å². The minimum absolute atomic E-state index is 0.00716. The molecule has 0 bridgehead atoms. The summed E-state index contributed by atoms with van der Waals surface area (Å²) in [5, 5.41) is 5.12. The van der Waals surface area contributed by atoms with Gasteiger partial charge in [0.15, 0.2) is 0 Å². The fourth-order valence-corrected chi connectivity index (χ4v) is 1.54. The second kappa shape index (κ2) is 5.95. The standard InChI is InChI=1S/C11H12ClF3N2O/c1-16-10(18)2-3-17-9-5-7(11(13,14)15)4-8(12)6-9/h4-6,17H,2-3H2,1H3,(H,16,18). The van der Waals surface area contributed by atoms with E-state index in [9.17, 15) is 18.0 Å². The molecule has 0 unspecified atom stereocenters. The average Bonchev–Trinajstić information content (AvgIpc) is 2.27. The van der Waals surface area contributed by atoms with Crippen molar-refractivity contribution >= 4 is 23.2 Å². The van der Waals surface area contributed by atoms with Crippen molar-refractivity contribution in [2.45, 2.75) is 12.6 Å². The highest BCUT2D eigenvalue weighted by molar-refractivity contribution is 6.30. The SMILES string of the molecule is CNC(=O)CCNc1cc(Cl)cc(C(F)(F)F)c1. The third kappa shape index (κ3) is 4.44. The molecule has 0 aliphatic heterocycles. The molecule has 7 heteroatoms. The first-order valence-corrected chi connectivity index (χ1v) is 5.53. The van der Waals surface area contributed by atoms with E-state index in [0.717, 1.165) is 12.1 Å². The maximum absolute atomic E-state index is 12.5. The fraction of sp³-hybridized carbons (Fsp3) is 0.364. The highest BCUT2D eigenvalue weighted by Gasteiger charge is 2.31. The lowest BCUT2D eigenvalue weighted by Gasteiger charge is -2.11. The van der Waals surface area contributed by atoms with E-state index in [1.54, 1.807) is 0 Å². The van der Waals surface area contributed by atoms with E-state index >= 15 is 0 Å². The quantitative estimate of drug-likeness (QED) is 0.890. The Bertz CT molecular complexity index is 435. The number of hydrogen-bond acceptors (Lipinski definition) is 2. The van der Waals surface area contributed by atoms with Gasteiger partial charge in [-0.15, -0.1) is 0 Å². The van der Waals surface area contributed by atoms with Crippen LogP contribution in [0.4, 0.5) is 18.9 Å². The van der Waals surface area contributed by atoms with E-state index in [4.69, 9.17) is 11.6 Å². The molecule has 0 spiro atoms. The zero-order chi connectivity index (χ0) is 13.8. The average molecular weight is 281 g/mol. The van der Waals surface area contributed by atoms with Crippen LogP contribution in [0.2, 0.25) is 5.02 Å². The van der Waals surface area contributed by atoms with Crippen molar-refractivity contribution < 1.29 is 18.0 Å². The second-order valence-electron chi connectivity index (χ2n) is 3.58. The Kier molecular flexibility index (Phi) is 4.84. The minimum Gasteiger partial charge on any atom is -0.384 e. The van der Waals surface area contributed by atoms with Crippen LogP contribution in [0.1, 0.15) is 12.0 Å². The number of rotatable bonds is 4. The number of anilines is 1. The van der Waals surface area contributed by atoms with Gasteiger partial charge >= 0.3 is 6.18 Å². The highest BCUT2D eigenvalue weighted by Crippen LogP contribution is 2.33. The topological polar surface area (TPSA) is 41.1 Å². The lowest BCUT2D eigenvalue weighted by atomic mass is 10.2. The molecule has 0 heterocycles. The van der Waals surface area contributed by atoms with Crippen molar-refractivity contribution in [2.24, 2.45) is 0 Å². The van der Waals surface area contributed by atoms with Crippen LogP contribution in [0.3, 0.4) is 0 Å². The number of alkyl halides is 3. The summed E-state index contributed by atoms with van der Waals surface area (Å²) in [6.45, 7) is 0.233. The monoisotopic (exact) mass is 280 g/mol. The number of amides is 1. The van der Waals surface area contributed by atoms with Gasteiger partial charge in [-0.2, -0.15) is 13.2 Å². The Hall–Kier alpha value is -1.43. The summed E-state index contributed by atoms with van der Waals surface area (Å²) in [5.41, 5.74) is -0.587. The predicted molar refractivity (Wildman–Crippen MR) is 63.6 cm³/mol. The molecule has 0 radical (unpaired) electrons. The molecule has 18 heavy (non-hydrogen) atoms. The predicted octanol–water partition coefficient (Wildman–Crippen LogP) is 2.91. The van der Waals surface area contributed by atoms with Gasteiger partial charge in [-0.25, -0.2) is 0 Å². The molecule has 1 aromatic rings. The lowest BCUT2D eigenvalue weighted by Crippen LogP contribution is -2.20. The van der Waals surface area contributed by atoms with Crippen LogP contribution in [0, 0.1) is 0 Å². The van der Waals surface area contributed by atoms with Crippen LogP contribution in [0.15, 0.2) is 18.2 Å². The molecule has 0 aromatic heterocycles. The Balaban J connectivity index is 2.72.